The average Bonchev–Trinajstić information content (AvgIpc) is 2.02. The minimum absolute atomic E-state index is 0.301. The van der Waals surface area contributed by atoms with Crippen LogP contribution in [0.5, 0.6) is 11.5 Å². The molecule has 0 aromatic heterocycles. The van der Waals surface area contributed by atoms with Crippen LogP contribution in [0.2, 0.25) is 0 Å². The van der Waals surface area contributed by atoms with Gasteiger partial charge in [-0.3, -0.25) is 0 Å². The van der Waals surface area contributed by atoms with Crippen LogP contribution in [0.4, 0.5) is 0 Å². The molecule has 1 N–H and O–H groups in total. The zero-order valence-corrected chi connectivity index (χ0v) is 7.93. The number of rotatable bonds is 1. The molecule has 0 heterocycles. The lowest BCUT2D eigenvalue weighted by Crippen LogP contribution is -1.93. The lowest BCUT2D eigenvalue weighted by molar-refractivity contribution is 0.399. The standard InChI is InChI=1S/C10H14O2/c1-6-5-9(11)8(3)10(12-4)7(6)2/h5,11H,1-4H3. The third-order valence-corrected chi connectivity index (χ3v) is 2.21. The van der Waals surface area contributed by atoms with Crippen molar-refractivity contribution >= 4 is 0 Å². The molecule has 12 heavy (non-hydrogen) atoms. The molecule has 1 aromatic carbocycles. The van der Waals surface area contributed by atoms with E-state index >= 15 is 0 Å². The molecule has 0 radical (unpaired) electrons. The van der Waals surface area contributed by atoms with Gasteiger partial charge in [0.15, 0.2) is 0 Å². The van der Waals surface area contributed by atoms with Crippen LogP contribution >= 0.6 is 0 Å². The van der Waals surface area contributed by atoms with Crippen LogP contribution in [0.15, 0.2) is 6.07 Å². The number of phenols is 1. The Balaban J connectivity index is 3.42. The van der Waals surface area contributed by atoms with E-state index in [2.05, 4.69) is 0 Å². The summed E-state index contributed by atoms with van der Waals surface area (Å²) < 4.78 is 5.18. The van der Waals surface area contributed by atoms with E-state index in [9.17, 15) is 5.11 Å². The quantitative estimate of drug-likeness (QED) is 0.693. The van der Waals surface area contributed by atoms with Gasteiger partial charge in [-0.25, -0.2) is 0 Å². The van der Waals surface area contributed by atoms with Crippen molar-refractivity contribution in [1.82, 2.24) is 0 Å². The lowest BCUT2D eigenvalue weighted by atomic mass is 10.0. The summed E-state index contributed by atoms with van der Waals surface area (Å²) in [7, 11) is 1.62. The van der Waals surface area contributed by atoms with Crippen LogP contribution in [0.3, 0.4) is 0 Å². The Morgan fingerprint density at radius 3 is 2.25 bits per heavy atom. The molecule has 0 saturated carbocycles. The second-order valence-electron chi connectivity index (χ2n) is 3.00. The Hall–Kier alpha value is -1.18. The SMILES string of the molecule is COc1c(C)c(C)cc(O)c1C. The maximum atomic E-state index is 9.46. The largest absolute Gasteiger partial charge is 0.508 e. The van der Waals surface area contributed by atoms with Crippen LogP contribution in [-0.4, -0.2) is 12.2 Å². The van der Waals surface area contributed by atoms with E-state index in [4.69, 9.17) is 4.74 Å². The minimum atomic E-state index is 0.301. The normalized spacial score (nSPS) is 10.0. The summed E-state index contributed by atoms with van der Waals surface area (Å²) in [6.45, 7) is 5.79. The Kier molecular flexibility index (Phi) is 2.27. The van der Waals surface area contributed by atoms with Gasteiger partial charge in [0.25, 0.3) is 0 Å². The summed E-state index contributed by atoms with van der Waals surface area (Å²) in [6.07, 6.45) is 0. The van der Waals surface area contributed by atoms with Gasteiger partial charge in [-0.15, -0.1) is 0 Å². The molecule has 0 fully saturated rings. The number of ether oxygens (including phenoxy) is 1. The van der Waals surface area contributed by atoms with Crippen molar-refractivity contribution in [3.8, 4) is 11.5 Å². The van der Waals surface area contributed by atoms with E-state index < -0.39 is 0 Å². The third-order valence-electron chi connectivity index (χ3n) is 2.21. The van der Waals surface area contributed by atoms with Crippen LogP contribution < -0.4 is 4.74 Å². The fourth-order valence-corrected chi connectivity index (χ4v) is 1.30. The zero-order valence-electron chi connectivity index (χ0n) is 7.93. The molecule has 0 aliphatic heterocycles. The third kappa shape index (κ3) is 1.24. The van der Waals surface area contributed by atoms with Crippen molar-refractivity contribution in [2.75, 3.05) is 7.11 Å². The number of methoxy groups -OCH3 is 1. The summed E-state index contributed by atoms with van der Waals surface area (Å²) in [5.74, 6) is 1.09. The number of hydrogen-bond acceptors (Lipinski definition) is 2. The number of aryl methyl sites for hydroxylation is 1. The summed E-state index contributed by atoms with van der Waals surface area (Å²) in [4.78, 5) is 0. The smallest absolute Gasteiger partial charge is 0.128 e. The van der Waals surface area contributed by atoms with Gasteiger partial charge < -0.3 is 9.84 Å². The molecule has 1 rings (SSSR count). The Morgan fingerprint density at radius 2 is 1.75 bits per heavy atom. The highest BCUT2D eigenvalue weighted by molar-refractivity contribution is 5.51. The first-order valence-corrected chi connectivity index (χ1v) is 3.91. The number of hydrogen-bond donors (Lipinski definition) is 1. The molecule has 0 atom stereocenters. The first-order valence-electron chi connectivity index (χ1n) is 3.91. The molecule has 0 aliphatic carbocycles. The minimum Gasteiger partial charge on any atom is -0.508 e. The fourth-order valence-electron chi connectivity index (χ4n) is 1.30. The van der Waals surface area contributed by atoms with E-state index in [-0.39, 0.29) is 0 Å². The van der Waals surface area contributed by atoms with E-state index in [1.165, 1.54) is 0 Å². The van der Waals surface area contributed by atoms with E-state index in [1.54, 1.807) is 13.2 Å². The number of phenolic OH excluding ortho intramolecular Hbond substituents is 1. The Bertz CT molecular complexity index is 277. The maximum Gasteiger partial charge on any atom is 0.128 e. The molecule has 0 aliphatic rings. The van der Waals surface area contributed by atoms with Crippen molar-refractivity contribution in [3.05, 3.63) is 22.8 Å². The lowest BCUT2D eigenvalue weighted by Gasteiger charge is -2.11. The van der Waals surface area contributed by atoms with Crippen molar-refractivity contribution in [2.45, 2.75) is 20.8 Å². The molecule has 0 saturated heterocycles. The predicted octanol–water partition coefficient (Wildman–Crippen LogP) is 2.33. The second-order valence-corrected chi connectivity index (χ2v) is 3.00. The van der Waals surface area contributed by atoms with Gasteiger partial charge >= 0.3 is 0 Å². The van der Waals surface area contributed by atoms with Crippen LogP contribution in [0.1, 0.15) is 16.7 Å². The topological polar surface area (TPSA) is 29.5 Å². The van der Waals surface area contributed by atoms with Gasteiger partial charge in [-0.1, -0.05) is 0 Å². The van der Waals surface area contributed by atoms with Crippen molar-refractivity contribution in [1.29, 1.82) is 0 Å². The van der Waals surface area contributed by atoms with Crippen LogP contribution in [-0.2, 0) is 0 Å². The van der Waals surface area contributed by atoms with Gasteiger partial charge in [0, 0.05) is 5.56 Å². The molecule has 1 aromatic rings. The fraction of sp³-hybridized carbons (Fsp3) is 0.400. The second kappa shape index (κ2) is 3.05. The summed E-state index contributed by atoms with van der Waals surface area (Å²) in [5.41, 5.74) is 2.95. The first kappa shape index (κ1) is 8.91. The summed E-state index contributed by atoms with van der Waals surface area (Å²) in [6, 6.07) is 1.76. The highest BCUT2D eigenvalue weighted by Crippen LogP contribution is 2.32. The first-order chi connectivity index (χ1) is 5.57. The maximum absolute atomic E-state index is 9.46. The molecular formula is C10H14O2. The van der Waals surface area contributed by atoms with E-state index in [0.29, 0.717) is 5.75 Å². The molecule has 0 amide bonds. The van der Waals surface area contributed by atoms with Gasteiger partial charge in [-0.05, 0) is 38.0 Å². The Labute approximate surface area is 72.8 Å². The molecule has 0 bridgehead atoms. The van der Waals surface area contributed by atoms with Crippen LogP contribution in [0.25, 0.3) is 0 Å². The molecule has 2 heteroatoms. The van der Waals surface area contributed by atoms with Crippen molar-refractivity contribution < 1.29 is 9.84 Å². The van der Waals surface area contributed by atoms with Crippen LogP contribution in [0, 0.1) is 20.8 Å². The van der Waals surface area contributed by atoms with E-state index in [0.717, 1.165) is 22.4 Å². The average molecular weight is 166 g/mol. The number of aromatic hydroxyl groups is 1. The van der Waals surface area contributed by atoms with Crippen molar-refractivity contribution in [2.24, 2.45) is 0 Å². The monoisotopic (exact) mass is 166 g/mol. The highest BCUT2D eigenvalue weighted by Gasteiger charge is 2.09. The van der Waals surface area contributed by atoms with Crippen molar-refractivity contribution in [3.63, 3.8) is 0 Å². The molecule has 0 unspecified atom stereocenters. The van der Waals surface area contributed by atoms with Gasteiger partial charge in [0.05, 0.1) is 7.11 Å². The van der Waals surface area contributed by atoms with Gasteiger partial charge in [0.1, 0.15) is 11.5 Å². The summed E-state index contributed by atoms with van der Waals surface area (Å²) in [5, 5.41) is 9.46. The molecule has 66 valence electrons. The van der Waals surface area contributed by atoms with Gasteiger partial charge in [0.2, 0.25) is 0 Å². The molecule has 0 spiro atoms. The molecular weight excluding hydrogens is 152 g/mol. The number of benzene rings is 1. The zero-order chi connectivity index (χ0) is 9.30. The molecule has 2 nitrogen and oxygen atoms in total. The Morgan fingerprint density at radius 1 is 1.17 bits per heavy atom. The van der Waals surface area contributed by atoms with Gasteiger partial charge in [-0.2, -0.15) is 0 Å². The summed E-state index contributed by atoms with van der Waals surface area (Å²) >= 11 is 0. The highest BCUT2D eigenvalue weighted by atomic mass is 16.5. The van der Waals surface area contributed by atoms with E-state index in [1.807, 2.05) is 20.8 Å². The predicted molar refractivity (Wildman–Crippen MR) is 48.9 cm³/mol.